The van der Waals surface area contributed by atoms with Gasteiger partial charge >= 0.3 is 11.9 Å². The van der Waals surface area contributed by atoms with Gasteiger partial charge < -0.3 is 10.2 Å². The van der Waals surface area contributed by atoms with E-state index in [9.17, 15) is 14.7 Å². The van der Waals surface area contributed by atoms with E-state index in [1.165, 1.54) is 13.0 Å². The summed E-state index contributed by atoms with van der Waals surface area (Å²) in [7, 11) is 0. The van der Waals surface area contributed by atoms with Crippen molar-refractivity contribution in [3.63, 3.8) is 0 Å². The Morgan fingerprint density at radius 3 is 2.39 bits per heavy atom. The van der Waals surface area contributed by atoms with E-state index in [-0.39, 0.29) is 11.1 Å². The first-order valence-corrected chi connectivity index (χ1v) is 5.48. The van der Waals surface area contributed by atoms with Crippen molar-refractivity contribution >= 4 is 17.5 Å². The standard InChI is InChI=1S/C14H12O4/c1-8-10(13(15)16)6-7-11(12(8)14(17)18)9-4-2-3-5-9/h2-4,6-7H,5H2,1H3,(H,15,16)(H,17,18). The van der Waals surface area contributed by atoms with E-state index in [4.69, 9.17) is 5.11 Å². The maximum absolute atomic E-state index is 11.3. The minimum Gasteiger partial charge on any atom is -0.478 e. The second kappa shape index (κ2) is 4.49. The Kier molecular flexibility index (Phi) is 3.02. The first-order valence-electron chi connectivity index (χ1n) is 5.48. The van der Waals surface area contributed by atoms with E-state index in [1.807, 2.05) is 18.2 Å². The highest BCUT2D eigenvalue weighted by Gasteiger charge is 2.21. The minimum absolute atomic E-state index is 0.0303. The number of carbonyl (C=O) groups is 2. The molecular weight excluding hydrogens is 232 g/mol. The summed E-state index contributed by atoms with van der Waals surface area (Å²) in [6, 6.07) is 3.03. The molecule has 0 fully saturated rings. The van der Waals surface area contributed by atoms with Crippen LogP contribution in [0.3, 0.4) is 0 Å². The predicted octanol–water partition coefficient (Wildman–Crippen LogP) is 2.73. The second-order valence-corrected chi connectivity index (χ2v) is 4.10. The molecule has 0 radical (unpaired) electrons. The van der Waals surface area contributed by atoms with Gasteiger partial charge in [0.25, 0.3) is 0 Å². The average Bonchev–Trinajstić information content (AvgIpc) is 2.80. The number of hydrogen-bond acceptors (Lipinski definition) is 2. The van der Waals surface area contributed by atoms with Crippen molar-refractivity contribution in [3.8, 4) is 0 Å². The normalized spacial score (nSPS) is 13.5. The third kappa shape index (κ3) is 1.93. The molecule has 1 aromatic rings. The molecule has 4 heteroatoms. The maximum Gasteiger partial charge on any atom is 0.336 e. The summed E-state index contributed by atoms with van der Waals surface area (Å²) >= 11 is 0. The second-order valence-electron chi connectivity index (χ2n) is 4.10. The molecule has 0 amide bonds. The molecule has 0 saturated carbocycles. The molecular formula is C14H12O4. The van der Waals surface area contributed by atoms with Crippen molar-refractivity contribution in [3.05, 3.63) is 52.6 Å². The highest BCUT2D eigenvalue weighted by atomic mass is 16.4. The third-order valence-electron chi connectivity index (χ3n) is 3.03. The lowest BCUT2D eigenvalue weighted by Gasteiger charge is -2.12. The fourth-order valence-electron chi connectivity index (χ4n) is 2.13. The van der Waals surface area contributed by atoms with Crippen LogP contribution in [-0.4, -0.2) is 22.2 Å². The Hall–Kier alpha value is -2.36. The summed E-state index contributed by atoms with van der Waals surface area (Å²) in [6.45, 7) is 1.53. The van der Waals surface area contributed by atoms with Gasteiger partial charge in [0.15, 0.2) is 0 Å². The molecule has 0 atom stereocenters. The van der Waals surface area contributed by atoms with Gasteiger partial charge in [0.2, 0.25) is 0 Å². The molecule has 1 aliphatic carbocycles. The molecule has 2 rings (SSSR count). The number of carboxylic acid groups (broad SMARTS) is 2. The number of carboxylic acids is 2. The van der Waals surface area contributed by atoms with Crippen LogP contribution in [0.25, 0.3) is 5.57 Å². The summed E-state index contributed by atoms with van der Waals surface area (Å²) in [4.78, 5) is 22.3. The topological polar surface area (TPSA) is 74.6 Å². The van der Waals surface area contributed by atoms with Gasteiger partial charge in [-0.3, -0.25) is 0 Å². The quantitative estimate of drug-likeness (QED) is 0.857. The van der Waals surface area contributed by atoms with Crippen LogP contribution in [0.5, 0.6) is 0 Å². The monoisotopic (exact) mass is 244 g/mol. The molecule has 0 aromatic heterocycles. The zero-order valence-electron chi connectivity index (χ0n) is 9.80. The molecule has 18 heavy (non-hydrogen) atoms. The van der Waals surface area contributed by atoms with Crippen LogP contribution in [-0.2, 0) is 0 Å². The van der Waals surface area contributed by atoms with Crippen LogP contribution in [0.2, 0.25) is 0 Å². The largest absolute Gasteiger partial charge is 0.478 e. The van der Waals surface area contributed by atoms with Crippen LogP contribution >= 0.6 is 0 Å². The molecule has 0 aliphatic heterocycles. The lowest BCUT2D eigenvalue weighted by atomic mass is 9.92. The predicted molar refractivity (Wildman–Crippen MR) is 66.8 cm³/mol. The lowest BCUT2D eigenvalue weighted by Crippen LogP contribution is -2.10. The summed E-state index contributed by atoms with van der Waals surface area (Å²) in [6.07, 6.45) is 6.32. The van der Waals surface area contributed by atoms with Gasteiger partial charge in [-0.15, -0.1) is 0 Å². The van der Waals surface area contributed by atoms with Crippen molar-refractivity contribution in [2.45, 2.75) is 13.3 Å². The Bertz CT molecular complexity index is 594. The van der Waals surface area contributed by atoms with Gasteiger partial charge in [0.05, 0.1) is 11.1 Å². The van der Waals surface area contributed by atoms with Crippen molar-refractivity contribution in [1.29, 1.82) is 0 Å². The van der Waals surface area contributed by atoms with E-state index in [0.29, 0.717) is 17.5 Å². The Labute approximate surface area is 104 Å². The fraction of sp³-hybridized carbons (Fsp3) is 0.143. The smallest absolute Gasteiger partial charge is 0.336 e. The SMILES string of the molecule is Cc1c(C(=O)O)ccc(C2=CC=CC2)c1C(=O)O. The zero-order chi connectivity index (χ0) is 13.3. The molecule has 0 unspecified atom stereocenters. The summed E-state index contributed by atoms with van der Waals surface area (Å²) in [5, 5.41) is 18.3. The molecule has 1 aliphatic rings. The zero-order valence-corrected chi connectivity index (χ0v) is 9.80. The highest BCUT2D eigenvalue weighted by Crippen LogP contribution is 2.29. The molecule has 0 bridgehead atoms. The summed E-state index contributed by atoms with van der Waals surface area (Å²) in [5.41, 5.74) is 1.88. The van der Waals surface area contributed by atoms with Crippen LogP contribution < -0.4 is 0 Å². The van der Waals surface area contributed by atoms with E-state index in [0.717, 1.165) is 5.57 Å². The van der Waals surface area contributed by atoms with Crippen LogP contribution in [0.15, 0.2) is 30.4 Å². The molecule has 0 heterocycles. The summed E-state index contributed by atoms with van der Waals surface area (Å²) in [5.74, 6) is -2.21. The van der Waals surface area contributed by atoms with E-state index < -0.39 is 11.9 Å². The Morgan fingerprint density at radius 1 is 1.17 bits per heavy atom. The van der Waals surface area contributed by atoms with E-state index in [1.54, 1.807) is 6.07 Å². The molecule has 0 saturated heterocycles. The Morgan fingerprint density at radius 2 is 1.89 bits per heavy atom. The van der Waals surface area contributed by atoms with E-state index in [2.05, 4.69) is 0 Å². The van der Waals surface area contributed by atoms with Gasteiger partial charge in [-0.2, -0.15) is 0 Å². The van der Waals surface area contributed by atoms with Gasteiger partial charge in [-0.25, -0.2) is 9.59 Å². The van der Waals surface area contributed by atoms with Crippen molar-refractivity contribution in [2.75, 3.05) is 0 Å². The average molecular weight is 244 g/mol. The number of rotatable bonds is 3. The van der Waals surface area contributed by atoms with Gasteiger partial charge in [-0.05, 0) is 36.1 Å². The van der Waals surface area contributed by atoms with Gasteiger partial charge in [-0.1, -0.05) is 24.3 Å². The molecule has 0 spiro atoms. The van der Waals surface area contributed by atoms with Crippen molar-refractivity contribution in [1.82, 2.24) is 0 Å². The number of allylic oxidation sites excluding steroid dienone is 4. The lowest BCUT2D eigenvalue weighted by molar-refractivity contribution is 0.0695. The first kappa shape index (κ1) is 12.1. The first-order chi connectivity index (χ1) is 8.52. The number of benzene rings is 1. The number of aromatic carboxylic acids is 2. The molecule has 1 aromatic carbocycles. The summed E-state index contributed by atoms with van der Waals surface area (Å²) < 4.78 is 0. The van der Waals surface area contributed by atoms with Crippen molar-refractivity contribution < 1.29 is 19.8 Å². The molecule has 2 N–H and O–H groups in total. The minimum atomic E-state index is -1.11. The number of hydrogen-bond donors (Lipinski definition) is 2. The van der Waals surface area contributed by atoms with Gasteiger partial charge in [0.1, 0.15) is 0 Å². The highest BCUT2D eigenvalue weighted by molar-refractivity contribution is 6.00. The van der Waals surface area contributed by atoms with Gasteiger partial charge in [0, 0.05) is 0 Å². The van der Waals surface area contributed by atoms with Crippen molar-refractivity contribution in [2.24, 2.45) is 0 Å². The fourth-order valence-corrected chi connectivity index (χ4v) is 2.13. The van der Waals surface area contributed by atoms with Crippen LogP contribution in [0.4, 0.5) is 0 Å². The molecule has 92 valence electrons. The van der Waals surface area contributed by atoms with Crippen LogP contribution in [0, 0.1) is 6.92 Å². The maximum atomic E-state index is 11.3. The van der Waals surface area contributed by atoms with Crippen LogP contribution in [0.1, 0.15) is 38.3 Å². The molecule has 4 nitrogen and oxygen atoms in total. The Balaban J connectivity index is 2.65. The third-order valence-corrected chi connectivity index (χ3v) is 3.03. The van der Waals surface area contributed by atoms with E-state index >= 15 is 0 Å².